The molecule has 1 saturated carbocycles. The monoisotopic (exact) mass is 586 g/mol. The molecule has 0 spiro atoms. The highest BCUT2D eigenvalue weighted by Crippen LogP contribution is 2.53. The van der Waals surface area contributed by atoms with E-state index in [9.17, 15) is 15.0 Å². The zero-order valence-electron chi connectivity index (χ0n) is 23.6. The molecule has 1 atom stereocenters. The van der Waals surface area contributed by atoms with Crippen LogP contribution in [0.4, 0.5) is 0 Å². The molecule has 0 bridgehead atoms. The maximum absolute atomic E-state index is 11.5. The van der Waals surface area contributed by atoms with E-state index in [4.69, 9.17) is 11.6 Å². The fourth-order valence-corrected chi connectivity index (χ4v) is 7.16. The van der Waals surface area contributed by atoms with Crippen LogP contribution in [0.15, 0.2) is 78.9 Å². The van der Waals surface area contributed by atoms with Crippen LogP contribution in [-0.2, 0) is 16.8 Å². The summed E-state index contributed by atoms with van der Waals surface area (Å²) >= 11 is 8.06. The third kappa shape index (κ3) is 7.79. The van der Waals surface area contributed by atoms with Crippen molar-refractivity contribution in [3.8, 4) is 0 Å². The minimum Gasteiger partial charge on any atom is -0.481 e. The van der Waals surface area contributed by atoms with Crippen molar-refractivity contribution >= 4 is 52.4 Å². The van der Waals surface area contributed by atoms with Gasteiger partial charge in [0.05, 0.1) is 12.0 Å². The predicted molar refractivity (Wildman–Crippen MR) is 170 cm³/mol. The van der Waals surface area contributed by atoms with Crippen LogP contribution >= 0.6 is 23.4 Å². The number of rotatable bonds is 12. The topological polar surface area (TPSA) is 71.7 Å². The van der Waals surface area contributed by atoms with Crippen LogP contribution in [0, 0.1) is 5.41 Å². The lowest BCUT2D eigenvalue weighted by atomic mass is 9.90. The van der Waals surface area contributed by atoms with Gasteiger partial charge in [0.25, 0.3) is 0 Å². The third-order valence-electron chi connectivity index (χ3n) is 7.90. The van der Waals surface area contributed by atoms with Crippen molar-refractivity contribution in [3.05, 3.63) is 112 Å². The van der Waals surface area contributed by atoms with Gasteiger partial charge in [0.1, 0.15) is 0 Å². The van der Waals surface area contributed by atoms with E-state index in [0.29, 0.717) is 5.02 Å². The first-order chi connectivity index (χ1) is 19.6. The number of halogens is 1. The molecule has 4 nitrogen and oxygen atoms in total. The summed E-state index contributed by atoms with van der Waals surface area (Å²) in [5.74, 6) is 0.129. The molecule has 6 heteroatoms. The van der Waals surface area contributed by atoms with Gasteiger partial charge >= 0.3 is 5.97 Å². The number of fused-ring (bicyclic) bond motifs is 1. The maximum atomic E-state index is 11.5. The van der Waals surface area contributed by atoms with Crippen LogP contribution in [0.2, 0.25) is 5.02 Å². The fourth-order valence-electron chi connectivity index (χ4n) is 5.42. The summed E-state index contributed by atoms with van der Waals surface area (Å²) in [7, 11) is 0. The molecule has 0 radical (unpaired) electrons. The zero-order chi connectivity index (χ0) is 29.0. The molecule has 3 aromatic carbocycles. The second-order valence-electron chi connectivity index (χ2n) is 11.8. The Labute approximate surface area is 251 Å². The lowest BCUT2D eigenvalue weighted by Crippen LogP contribution is -2.18. The van der Waals surface area contributed by atoms with E-state index in [1.165, 1.54) is 5.56 Å². The Bertz CT molecular complexity index is 1570. The van der Waals surface area contributed by atoms with Crippen LogP contribution < -0.4 is 4.98 Å². The van der Waals surface area contributed by atoms with Crippen molar-refractivity contribution in [2.24, 2.45) is 5.41 Å². The van der Waals surface area contributed by atoms with Crippen LogP contribution in [0.3, 0.4) is 0 Å². The van der Waals surface area contributed by atoms with Crippen molar-refractivity contribution in [2.75, 3.05) is 5.75 Å². The van der Waals surface area contributed by atoms with Gasteiger partial charge in [-0.05, 0) is 91.5 Å². The number of carbonyl (C=O) groups is 1. The molecule has 4 aromatic rings. The first-order valence-corrected chi connectivity index (χ1v) is 15.6. The highest BCUT2D eigenvalue weighted by Gasteiger charge is 2.44. The molecular weight excluding hydrogens is 550 g/mol. The van der Waals surface area contributed by atoms with E-state index < -0.39 is 11.6 Å². The number of hydrogen-bond donors (Lipinski definition) is 2. The van der Waals surface area contributed by atoms with Crippen molar-refractivity contribution in [2.45, 2.75) is 56.8 Å². The summed E-state index contributed by atoms with van der Waals surface area (Å²) in [6.45, 7) is 3.66. The summed E-state index contributed by atoms with van der Waals surface area (Å²) < 4.78 is 0. The van der Waals surface area contributed by atoms with E-state index in [1.807, 2.05) is 62.0 Å². The van der Waals surface area contributed by atoms with Crippen LogP contribution in [0.25, 0.3) is 23.1 Å². The summed E-state index contributed by atoms with van der Waals surface area (Å²) in [5.41, 5.74) is 5.45. The summed E-state index contributed by atoms with van der Waals surface area (Å²) in [6, 6.07) is 26.7. The van der Waals surface area contributed by atoms with E-state index in [0.717, 1.165) is 64.7 Å². The fraction of sp³-hybridized carbons (Fsp3) is 0.314. The van der Waals surface area contributed by atoms with E-state index in [-0.39, 0.29) is 17.1 Å². The Morgan fingerprint density at radius 2 is 1.83 bits per heavy atom. The number of thioether (sulfide) groups is 1. The first-order valence-electron chi connectivity index (χ1n) is 14.1. The normalized spacial score (nSPS) is 15.3. The quantitative estimate of drug-likeness (QED) is 0.175. The third-order valence-corrected chi connectivity index (χ3v) is 9.83. The molecule has 0 saturated heterocycles. The van der Waals surface area contributed by atoms with Crippen molar-refractivity contribution < 1.29 is 20.0 Å². The second-order valence-corrected chi connectivity index (χ2v) is 13.4. The van der Waals surface area contributed by atoms with Gasteiger partial charge in [0.2, 0.25) is 11.2 Å². The van der Waals surface area contributed by atoms with Gasteiger partial charge in [-0.2, -0.15) is 11.8 Å². The molecule has 0 amide bonds. The molecule has 1 heterocycles. The number of carboxylic acid groups (broad SMARTS) is 1. The van der Waals surface area contributed by atoms with Gasteiger partial charge in [-0.3, -0.25) is 4.79 Å². The van der Waals surface area contributed by atoms with Gasteiger partial charge in [-0.15, -0.1) is 0 Å². The number of nitrogens with one attached hydrogen (secondary N) is 1. The Kier molecular flexibility index (Phi) is 8.88. The van der Waals surface area contributed by atoms with Crippen LogP contribution in [0.1, 0.15) is 72.7 Å². The first kappa shape index (κ1) is 29.4. The molecule has 1 aromatic heterocycles. The van der Waals surface area contributed by atoms with Gasteiger partial charge in [-0.25, -0.2) is 4.98 Å². The van der Waals surface area contributed by atoms with Crippen LogP contribution in [-0.4, -0.2) is 21.9 Å². The number of aryl methyl sites for hydroxylation is 1. The second kappa shape index (κ2) is 12.4. The summed E-state index contributed by atoms with van der Waals surface area (Å²) in [6.07, 6.45) is 8.13. The Morgan fingerprint density at radius 1 is 1.05 bits per heavy atom. The number of H-pyrrole nitrogens is 1. The minimum atomic E-state index is -0.908. The number of carboxylic acids is 1. The molecule has 1 aliphatic carbocycles. The number of aromatic nitrogens is 1. The van der Waals surface area contributed by atoms with Crippen molar-refractivity contribution in [1.29, 1.82) is 0 Å². The van der Waals surface area contributed by atoms with Crippen molar-refractivity contribution in [1.82, 2.24) is 0 Å². The molecule has 212 valence electrons. The highest BCUT2D eigenvalue weighted by molar-refractivity contribution is 7.99. The number of benzene rings is 3. The lowest BCUT2D eigenvalue weighted by molar-refractivity contribution is -0.347. The van der Waals surface area contributed by atoms with Gasteiger partial charge in [-0.1, -0.05) is 60.1 Å². The Balaban J connectivity index is 1.37. The molecule has 1 aliphatic rings. The van der Waals surface area contributed by atoms with E-state index in [2.05, 4.69) is 59.6 Å². The average molecular weight is 587 g/mol. The Morgan fingerprint density at radius 3 is 2.59 bits per heavy atom. The number of pyridine rings is 1. The number of aliphatic carboxylic acids is 1. The molecule has 0 unspecified atom stereocenters. The number of hydrogen-bond acceptors (Lipinski definition) is 3. The average Bonchev–Trinajstić information content (AvgIpc) is 3.70. The number of aromatic amines is 1. The standard InChI is InChI=1S/C35H36ClNO3S/c1-34(2,40)30-9-4-3-7-25(30)13-17-32(41-23-35(18-19-35)22-33(38)39)27-8-5-6-24(20-27)10-15-29-16-12-26-11-14-28(36)21-31(26)37-29/h3-12,14-16,20-21,32,40H,13,17-19,22-23H2,1-2H3,(H,38,39)/p+1/b15-10+/t32-/m1/s1. The molecular formula is C35H37ClNO3S+. The molecule has 3 N–H and O–H groups in total. The van der Waals surface area contributed by atoms with Gasteiger partial charge in [0, 0.05) is 39.6 Å². The zero-order valence-corrected chi connectivity index (χ0v) is 25.1. The molecule has 5 rings (SSSR count). The van der Waals surface area contributed by atoms with Crippen molar-refractivity contribution in [3.63, 3.8) is 0 Å². The van der Waals surface area contributed by atoms with E-state index in [1.54, 1.807) is 0 Å². The smallest absolute Gasteiger partial charge is 0.303 e. The van der Waals surface area contributed by atoms with Gasteiger partial charge < -0.3 is 10.2 Å². The Hall–Kier alpha value is -3.12. The summed E-state index contributed by atoms with van der Waals surface area (Å²) in [4.78, 5) is 14.9. The SMILES string of the molecule is CC(C)(O)c1ccccc1CC[C@@H](SCC1(CC(=O)O)CC1)c1cccc(/C=C/c2ccc3ccc(Cl)cc3[nH+]2)c1. The highest BCUT2D eigenvalue weighted by atomic mass is 35.5. The molecule has 0 aliphatic heterocycles. The number of aliphatic hydroxyl groups is 1. The lowest BCUT2D eigenvalue weighted by Gasteiger charge is -2.24. The van der Waals surface area contributed by atoms with E-state index >= 15 is 0 Å². The van der Waals surface area contributed by atoms with Gasteiger partial charge in [0.15, 0.2) is 0 Å². The predicted octanol–water partition coefficient (Wildman–Crippen LogP) is 8.37. The maximum Gasteiger partial charge on any atom is 0.303 e. The minimum absolute atomic E-state index is 0.0773. The summed E-state index contributed by atoms with van der Waals surface area (Å²) in [5, 5.41) is 22.2. The van der Waals surface area contributed by atoms with Crippen LogP contribution in [0.5, 0.6) is 0 Å². The largest absolute Gasteiger partial charge is 0.481 e. The molecule has 1 fully saturated rings. The molecule has 41 heavy (non-hydrogen) atoms.